The Balaban J connectivity index is 1.74. The van der Waals surface area contributed by atoms with Crippen molar-refractivity contribution < 1.29 is 23.9 Å². The van der Waals surface area contributed by atoms with Gasteiger partial charge in [-0.05, 0) is 24.5 Å². The number of nitrogens with zero attached hydrogens (tertiary/aromatic N) is 1. The van der Waals surface area contributed by atoms with E-state index in [1.165, 1.54) is 31.6 Å². The number of hydrogen-bond donors (Lipinski definition) is 2. The van der Waals surface area contributed by atoms with Gasteiger partial charge in [0.2, 0.25) is 0 Å². The fourth-order valence-electron chi connectivity index (χ4n) is 4.08. The summed E-state index contributed by atoms with van der Waals surface area (Å²) in [7, 11) is 2.94. The molecule has 1 aromatic carbocycles. The van der Waals surface area contributed by atoms with Gasteiger partial charge in [0.05, 0.1) is 13.7 Å². The molecule has 1 aliphatic heterocycles. The van der Waals surface area contributed by atoms with Crippen molar-refractivity contribution in [1.29, 1.82) is 0 Å². The Morgan fingerprint density at radius 2 is 1.94 bits per heavy atom. The lowest BCUT2D eigenvalue weighted by molar-refractivity contribution is -0.136. The zero-order valence-electron chi connectivity index (χ0n) is 17.8. The van der Waals surface area contributed by atoms with Crippen LogP contribution in [0.5, 0.6) is 11.5 Å². The smallest absolute Gasteiger partial charge is 0.321 e. The Morgan fingerprint density at radius 3 is 2.61 bits per heavy atom. The predicted octanol–water partition coefficient (Wildman–Crippen LogP) is 3.25. The molecule has 9 heteroatoms. The number of methoxy groups -OCH3 is 1. The van der Waals surface area contributed by atoms with Crippen LogP contribution in [0.25, 0.3) is 0 Å². The molecule has 8 nitrogen and oxygen atoms in total. The van der Waals surface area contributed by atoms with Gasteiger partial charge < -0.3 is 19.7 Å². The summed E-state index contributed by atoms with van der Waals surface area (Å²) in [6, 6.07) is 3.76. The number of nitrogens with one attached hydrogen (secondary N) is 2. The molecule has 1 aliphatic carbocycles. The van der Waals surface area contributed by atoms with Crippen LogP contribution < -0.4 is 20.1 Å². The van der Waals surface area contributed by atoms with Crippen molar-refractivity contribution in [1.82, 2.24) is 15.5 Å². The van der Waals surface area contributed by atoms with Gasteiger partial charge in [-0.15, -0.1) is 0 Å². The standard InChI is InChI=1S/C22H28ClN3O5/c1-24-22(29)25-21(28)16(11-14-7-4-3-5-8-14)26-13-15(12-19(26)27)31-18-10-6-9-17(30-2)20(18)23/h6,9-10,12,14,16H,3-5,7-8,11,13H2,1-2H3,(H2,24,25,28,29). The fraction of sp³-hybridized carbons (Fsp3) is 0.500. The molecule has 1 fully saturated rings. The minimum absolute atomic E-state index is 0.116. The maximum Gasteiger partial charge on any atom is 0.321 e. The van der Waals surface area contributed by atoms with Crippen LogP contribution in [-0.4, -0.2) is 49.5 Å². The minimum Gasteiger partial charge on any atom is -0.495 e. The van der Waals surface area contributed by atoms with Crippen molar-refractivity contribution in [3.63, 3.8) is 0 Å². The van der Waals surface area contributed by atoms with Gasteiger partial charge in [0.15, 0.2) is 0 Å². The van der Waals surface area contributed by atoms with Crippen molar-refractivity contribution in [3.8, 4) is 11.5 Å². The average Bonchev–Trinajstić information content (AvgIpc) is 3.13. The van der Waals surface area contributed by atoms with Crippen LogP contribution in [0.2, 0.25) is 5.02 Å². The van der Waals surface area contributed by atoms with Crippen molar-refractivity contribution in [3.05, 3.63) is 35.1 Å². The molecule has 3 rings (SSSR count). The first kappa shape index (κ1) is 22.9. The summed E-state index contributed by atoms with van der Waals surface area (Å²) in [6.07, 6.45) is 7.32. The number of carbonyl (C=O) groups excluding carboxylic acids is 3. The van der Waals surface area contributed by atoms with Gasteiger partial charge in [0.1, 0.15) is 28.3 Å². The van der Waals surface area contributed by atoms with E-state index in [1.54, 1.807) is 18.2 Å². The molecule has 2 aliphatic rings. The SMILES string of the molecule is CNC(=O)NC(=O)C(CC1CCCCC1)N1CC(Oc2cccc(OC)c2Cl)=CC1=O. The lowest BCUT2D eigenvalue weighted by Gasteiger charge is -2.31. The highest BCUT2D eigenvalue weighted by Gasteiger charge is 2.36. The van der Waals surface area contributed by atoms with Crippen LogP contribution in [-0.2, 0) is 9.59 Å². The van der Waals surface area contributed by atoms with E-state index < -0.39 is 18.0 Å². The summed E-state index contributed by atoms with van der Waals surface area (Å²) < 4.78 is 11.0. The molecule has 0 aromatic heterocycles. The monoisotopic (exact) mass is 449 g/mol. The van der Waals surface area contributed by atoms with Crippen molar-refractivity contribution in [2.24, 2.45) is 5.92 Å². The average molecular weight is 450 g/mol. The highest BCUT2D eigenvalue weighted by atomic mass is 35.5. The molecule has 0 spiro atoms. The van der Waals surface area contributed by atoms with E-state index in [2.05, 4.69) is 10.6 Å². The normalized spacial score (nSPS) is 17.7. The zero-order chi connectivity index (χ0) is 22.4. The topological polar surface area (TPSA) is 97.0 Å². The molecular formula is C22H28ClN3O5. The molecule has 0 radical (unpaired) electrons. The summed E-state index contributed by atoms with van der Waals surface area (Å²) in [5.41, 5.74) is 0. The Kier molecular flexibility index (Phi) is 7.79. The van der Waals surface area contributed by atoms with Gasteiger partial charge >= 0.3 is 6.03 Å². The van der Waals surface area contributed by atoms with Gasteiger partial charge in [-0.2, -0.15) is 0 Å². The summed E-state index contributed by atoms with van der Waals surface area (Å²) in [6.45, 7) is 0.116. The molecule has 1 atom stereocenters. The van der Waals surface area contributed by atoms with E-state index in [4.69, 9.17) is 21.1 Å². The number of ether oxygens (including phenoxy) is 2. The lowest BCUT2D eigenvalue weighted by atomic mass is 9.84. The highest BCUT2D eigenvalue weighted by molar-refractivity contribution is 6.33. The second-order valence-electron chi connectivity index (χ2n) is 7.78. The highest BCUT2D eigenvalue weighted by Crippen LogP contribution is 2.36. The number of imide groups is 1. The second kappa shape index (κ2) is 10.5. The Labute approximate surface area is 186 Å². The first-order valence-corrected chi connectivity index (χ1v) is 10.8. The summed E-state index contributed by atoms with van der Waals surface area (Å²) >= 11 is 6.29. The largest absolute Gasteiger partial charge is 0.495 e. The minimum atomic E-state index is -0.758. The molecule has 2 N–H and O–H groups in total. The number of hydrogen-bond acceptors (Lipinski definition) is 5. The zero-order valence-corrected chi connectivity index (χ0v) is 18.5. The van der Waals surface area contributed by atoms with Crippen molar-refractivity contribution >= 4 is 29.4 Å². The van der Waals surface area contributed by atoms with Crippen LogP contribution >= 0.6 is 11.6 Å². The molecule has 0 saturated heterocycles. The van der Waals surface area contributed by atoms with Gasteiger partial charge in [-0.3, -0.25) is 14.9 Å². The Morgan fingerprint density at radius 1 is 1.23 bits per heavy atom. The first-order chi connectivity index (χ1) is 14.9. The third kappa shape index (κ3) is 5.70. The van der Waals surface area contributed by atoms with E-state index in [0.717, 1.165) is 25.7 Å². The number of halogens is 1. The lowest BCUT2D eigenvalue weighted by Crippen LogP contribution is -2.52. The van der Waals surface area contributed by atoms with Gasteiger partial charge in [-0.1, -0.05) is 49.8 Å². The molecule has 0 bridgehead atoms. The molecule has 31 heavy (non-hydrogen) atoms. The fourth-order valence-corrected chi connectivity index (χ4v) is 4.32. The number of carbonyl (C=O) groups is 3. The molecule has 1 heterocycles. The number of rotatable bonds is 7. The van der Waals surface area contributed by atoms with E-state index in [-0.39, 0.29) is 12.5 Å². The van der Waals surface area contributed by atoms with E-state index in [9.17, 15) is 14.4 Å². The third-order valence-corrected chi connectivity index (χ3v) is 6.08. The Bertz CT molecular complexity index is 867. The number of urea groups is 1. The van der Waals surface area contributed by atoms with Crippen molar-refractivity contribution in [2.75, 3.05) is 20.7 Å². The van der Waals surface area contributed by atoms with Crippen molar-refractivity contribution in [2.45, 2.75) is 44.6 Å². The Hall–Kier alpha value is -2.74. The number of amides is 4. The second-order valence-corrected chi connectivity index (χ2v) is 8.15. The molecule has 1 unspecified atom stereocenters. The predicted molar refractivity (Wildman–Crippen MR) is 116 cm³/mol. The van der Waals surface area contributed by atoms with Gasteiger partial charge in [0.25, 0.3) is 11.8 Å². The van der Waals surface area contributed by atoms with Crippen LogP contribution in [0.4, 0.5) is 4.79 Å². The molecule has 168 valence electrons. The van der Waals surface area contributed by atoms with Crippen LogP contribution in [0.3, 0.4) is 0 Å². The number of benzene rings is 1. The molecular weight excluding hydrogens is 422 g/mol. The maximum absolute atomic E-state index is 12.9. The first-order valence-electron chi connectivity index (χ1n) is 10.5. The van der Waals surface area contributed by atoms with Gasteiger partial charge in [-0.25, -0.2) is 4.79 Å². The summed E-state index contributed by atoms with van der Waals surface area (Å²) in [5.74, 6) is 0.706. The molecule has 4 amide bonds. The van der Waals surface area contributed by atoms with Crippen LogP contribution in [0.1, 0.15) is 38.5 Å². The summed E-state index contributed by atoms with van der Waals surface area (Å²) in [4.78, 5) is 38.8. The van der Waals surface area contributed by atoms with E-state index in [1.807, 2.05) is 0 Å². The molecule has 1 aromatic rings. The van der Waals surface area contributed by atoms with E-state index in [0.29, 0.717) is 34.6 Å². The molecule has 1 saturated carbocycles. The maximum atomic E-state index is 12.9. The third-order valence-electron chi connectivity index (χ3n) is 5.71. The summed E-state index contributed by atoms with van der Waals surface area (Å²) in [5, 5.41) is 5.00. The van der Waals surface area contributed by atoms with E-state index >= 15 is 0 Å². The van der Waals surface area contributed by atoms with Gasteiger partial charge in [0, 0.05) is 13.1 Å². The quantitative estimate of drug-likeness (QED) is 0.666. The van der Waals surface area contributed by atoms with Crippen LogP contribution in [0, 0.1) is 5.92 Å². The van der Waals surface area contributed by atoms with Crippen LogP contribution in [0.15, 0.2) is 30.0 Å².